The molecule has 0 unspecified atom stereocenters. The van der Waals surface area contributed by atoms with Crippen molar-refractivity contribution in [3.05, 3.63) is 29.8 Å². The molecule has 1 aromatic carbocycles. The number of ether oxygens (including phenoxy) is 1. The molecule has 1 aromatic rings. The first-order valence-electron chi connectivity index (χ1n) is 9.01. The van der Waals surface area contributed by atoms with Crippen molar-refractivity contribution in [1.29, 1.82) is 0 Å². The number of carbonyl (C=O) groups excluding carboxylic acids is 1. The Morgan fingerprint density at radius 3 is 2.58 bits per heavy atom. The van der Waals surface area contributed by atoms with E-state index in [-0.39, 0.29) is 5.92 Å². The Bertz CT molecular complexity index is 538. The first-order valence-corrected chi connectivity index (χ1v) is 10.2. The lowest BCUT2D eigenvalue weighted by Gasteiger charge is -2.37. The van der Waals surface area contributed by atoms with Crippen LogP contribution in [0.3, 0.4) is 0 Å². The zero-order chi connectivity index (χ0) is 16.8. The van der Waals surface area contributed by atoms with Gasteiger partial charge in [-0.15, -0.1) is 0 Å². The summed E-state index contributed by atoms with van der Waals surface area (Å²) in [6.45, 7) is 7.37. The number of thioether (sulfide) groups is 1. The third-order valence-corrected chi connectivity index (χ3v) is 6.06. The molecule has 2 saturated heterocycles. The van der Waals surface area contributed by atoms with Crippen molar-refractivity contribution >= 4 is 17.7 Å². The normalized spacial score (nSPS) is 20.1. The molecule has 2 heterocycles. The Hall–Kier alpha value is -1.20. The Morgan fingerprint density at radius 2 is 1.88 bits per heavy atom. The highest BCUT2D eigenvalue weighted by Crippen LogP contribution is 2.25. The number of piperazine rings is 1. The Labute approximate surface area is 149 Å². The van der Waals surface area contributed by atoms with Crippen molar-refractivity contribution in [3.8, 4) is 5.75 Å². The van der Waals surface area contributed by atoms with Gasteiger partial charge in [0, 0.05) is 38.6 Å². The van der Waals surface area contributed by atoms with E-state index in [4.69, 9.17) is 4.74 Å². The van der Waals surface area contributed by atoms with Gasteiger partial charge in [-0.2, -0.15) is 11.8 Å². The summed E-state index contributed by atoms with van der Waals surface area (Å²) in [4.78, 5) is 17.1. The van der Waals surface area contributed by atoms with E-state index in [0.29, 0.717) is 12.5 Å². The fourth-order valence-electron chi connectivity index (χ4n) is 3.40. The highest BCUT2D eigenvalue weighted by atomic mass is 32.2. The zero-order valence-electron chi connectivity index (χ0n) is 14.6. The van der Waals surface area contributed by atoms with E-state index in [0.717, 1.165) is 62.8 Å². The number of aryl methyl sites for hydroxylation is 1. The number of para-hydroxylation sites is 1. The molecule has 5 heteroatoms. The molecule has 2 fully saturated rings. The molecule has 2 aliphatic heterocycles. The molecule has 0 saturated carbocycles. The minimum atomic E-state index is 0.280. The van der Waals surface area contributed by atoms with Gasteiger partial charge in [-0.1, -0.05) is 18.2 Å². The van der Waals surface area contributed by atoms with Crippen LogP contribution in [0.15, 0.2) is 24.3 Å². The van der Waals surface area contributed by atoms with Gasteiger partial charge < -0.3 is 9.64 Å². The summed E-state index contributed by atoms with van der Waals surface area (Å²) in [6.07, 6.45) is 2.13. The van der Waals surface area contributed by atoms with E-state index in [1.807, 2.05) is 30.0 Å². The van der Waals surface area contributed by atoms with Crippen molar-refractivity contribution in [2.45, 2.75) is 19.8 Å². The predicted molar refractivity (Wildman–Crippen MR) is 99.7 cm³/mol. The lowest BCUT2D eigenvalue weighted by atomic mass is 10.0. The summed E-state index contributed by atoms with van der Waals surface area (Å²) < 4.78 is 5.88. The van der Waals surface area contributed by atoms with E-state index in [2.05, 4.69) is 22.8 Å². The first-order chi connectivity index (χ1) is 11.7. The van der Waals surface area contributed by atoms with Crippen molar-refractivity contribution in [1.82, 2.24) is 9.80 Å². The molecule has 0 atom stereocenters. The van der Waals surface area contributed by atoms with Crippen LogP contribution in [-0.2, 0) is 4.79 Å². The van der Waals surface area contributed by atoms with Crippen molar-refractivity contribution in [3.63, 3.8) is 0 Å². The number of hydrogen-bond donors (Lipinski definition) is 0. The SMILES string of the molecule is Cc1ccccc1OCCN1CCN(C(=O)C2CCSCC2)CC1. The molecule has 0 spiro atoms. The molecule has 132 valence electrons. The number of nitrogens with zero attached hydrogens (tertiary/aromatic N) is 2. The lowest BCUT2D eigenvalue weighted by Crippen LogP contribution is -2.51. The second-order valence-corrected chi connectivity index (χ2v) is 7.89. The molecule has 0 aliphatic carbocycles. The van der Waals surface area contributed by atoms with Crippen LogP contribution in [0.25, 0.3) is 0 Å². The minimum absolute atomic E-state index is 0.280. The number of carbonyl (C=O) groups is 1. The maximum absolute atomic E-state index is 12.6. The van der Waals surface area contributed by atoms with Crippen LogP contribution in [0.1, 0.15) is 18.4 Å². The highest BCUT2D eigenvalue weighted by Gasteiger charge is 2.28. The van der Waals surface area contributed by atoms with Gasteiger partial charge in [-0.05, 0) is 42.9 Å². The van der Waals surface area contributed by atoms with Crippen LogP contribution < -0.4 is 4.74 Å². The maximum Gasteiger partial charge on any atom is 0.225 e. The van der Waals surface area contributed by atoms with Crippen LogP contribution in [-0.4, -0.2) is 66.5 Å². The number of amides is 1. The van der Waals surface area contributed by atoms with Crippen LogP contribution in [0.4, 0.5) is 0 Å². The Morgan fingerprint density at radius 1 is 1.17 bits per heavy atom. The van der Waals surface area contributed by atoms with Gasteiger partial charge in [0.2, 0.25) is 5.91 Å². The molecular weight excluding hydrogens is 320 g/mol. The van der Waals surface area contributed by atoms with E-state index >= 15 is 0 Å². The summed E-state index contributed by atoms with van der Waals surface area (Å²) in [7, 11) is 0. The molecule has 4 nitrogen and oxygen atoms in total. The second-order valence-electron chi connectivity index (χ2n) is 6.67. The molecule has 0 radical (unpaired) electrons. The third kappa shape index (κ3) is 4.67. The van der Waals surface area contributed by atoms with Crippen LogP contribution in [0.2, 0.25) is 0 Å². The lowest BCUT2D eigenvalue weighted by molar-refractivity contribution is -0.137. The molecule has 0 aromatic heterocycles. The van der Waals surface area contributed by atoms with Crippen LogP contribution >= 0.6 is 11.8 Å². The number of hydrogen-bond acceptors (Lipinski definition) is 4. The quantitative estimate of drug-likeness (QED) is 0.819. The monoisotopic (exact) mass is 348 g/mol. The number of benzene rings is 1. The maximum atomic E-state index is 12.6. The van der Waals surface area contributed by atoms with Gasteiger partial charge in [-0.25, -0.2) is 0 Å². The van der Waals surface area contributed by atoms with Crippen LogP contribution in [0, 0.1) is 12.8 Å². The van der Waals surface area contributed by atoms with Gasteiger partial charge in [0.25, 0.3) is 0 Å². The Balaban J connectivity index is 1.37. The zero-order valence-corrected chi connectivity index (χ0v) is 15.4. The van der Waals surface area contributed by atoms with Gasteiger partial charge >= 0.3 is 0 Å². The summed E-state index contributed by atoms with van der Waals surface area (Å²) in [5, 5.41) is 0. The highest BCUT2D eigenvalue weighted by molar-refractivity contribution is 7.99. The average molecular weight is 349 g/mol. The van der Waals surface area contributed by atoms with Crippen molar-refractivity contribution in [2.24, 2.45) is 5.92 Å². The van der Waals surface area contributed by atoms with Crippen molar-refractivity contribution < 1.29 is 9.53 Å². The molecule has 1 amide bonds. The fraction of sp³-hybridized carbons (Fsp3) is 0.632. The van der Waals surface area contributed by atoms with Crippen molar-refractivity contribution in [2.75, 3.05) is 50.8 Å². The minimum Gasteiger partial charge on any atom is -0.492 e. The summed E-state index contributed by atoms with van der Waals surface area (Å²) in [5.74, 6) is 3.94. The van der Waals surface area contributed by atoms with Gasteiger partial charge in [0.1, 0.15) is 12.4 Å². The topological polar surface area (TPSA) is 32.8 Å². The average Bonchev–Trinajstić information content (AvgIpc) is 2.64. The second kappa shape index (κ2) is 8.77. The molecule has 0 N–H and O–H groups in total. The largest absolute Gasteiger partial charge is 0.492 e. The Kier molecular flexibility index (Phi) is 6.44. The van der Waals surface area contributed by atoms with E-state index in [1.54, 1.807) is 0 Å². The van der Waals surface area contributed by atoms with Gasteiger partial charge in [-0.3, -0.25) is 9.69 Å². The van der Waals surface area contributed by atoms with E-state index in [9.17, 15) is 4.79 Å². The summed E-state index contributed by atoms with van der Waals surface area (Å²) >= 11 is 1.98. The summed E-state index contributed by atoms with van der Waals surface area (Å²) in [6, 6.07) is 8.14. The third-order valence-electron chi connectivity index (χ3n) is 5.01. The number of rotatable bonds is 5. The fourth-order valence-corrected chi connectivity index (χ4v) is 4.50. The van der Waals surface area contributed by atoms with Gasteiger partial charge in [0.15, 0.2) is 0 Å². The first kappa shape index (κ1) is 17.6. The molecule has 0 bridgehead atoms. The van der Waals surface area contributed by atoms with Crippen LogP contribution in [0.5, 0.6) is 5.75 Å². The molecule has 24 heavy (non-hydrogen) atoms. The predicted octanol–water partition coefficient (Wildman–Crippen LogP) is 2.66. The molecule has 2 aliphatic rings. The van der Waals surface area contributed by atoms with Gasteiger partial charge in [0.05, 0.1) is 0 Å². The summed E-state index contributed by atoms with van der Waals surface area (Å²) in [5.41, 5.74) is 1.18. The standard InChI is InChI=1S/C19H28N2O2S/c1-16-4-2-3-5-18(16)23-13-12-20-8-10-21(11-9-20)19(22)17-6-14-24-15-7-17/h2-5,17H,6-15H2,1H3. The molecule has 3 rings (SSSR count). The van der Waals surface area contributed by atoms with E-state index in [1.165, 1.54) is 5.56 Å². The van der Waals surface area contributed by atoms with E-state index < -0.39 is 0 Å². The molecular formula is C19H28N2O2S. The smallest absolute Gasteiger partial charge is 0.225 e.